The molecule has 0 aromatic heterocycles. The lowest BCUT2D eigenvalue weighted by Gasteiger charge is -2.17. The monoisotopic (exact) mass is 312 g/mol. The van der Waals surface area contributed by atoms with E-state index in [1.165, 1.54) is 5.56 Å². The average Bonchev–Trinajstić information content (AvgIpc) is 2.56. The summed E-state index contributed by atoms with van der Waals surface area (Å²) in [6.45, 7) is 2.83. The van der Waals surface area contributed by atoms with Gasteiger partial charge in [-0.15, -0.1) is 0 Å². The van der Waals surface area contributed by atoms with Crippen LogP contribution < -0.4 is 16.4 Å². The lowest BCUT2D eigenvalue weighted by molar-refractivity contribution is -0.684. The fraction of sp³-hybridized carbons (Fsp3) is 0.222. The Labute approximate surface area is 135 Å². The van der Waals surface area contributed by atoms with Gasteiger partial charge in [0.05, 0.1) is 6.54 Å². The Morgan fingerprint density at radius 1 is 1.00 bits per heavy atom. The van der Waals surface area contributed by atoms with E-state index in [0.29, 0.717) is 0 Å². The van der Waals surface area contributed by atoms with Crippen LogP contribution in [0.2, 0.25) is 0 Å². The first kappa shape index (κ1) is 16.7. The number of nitrogens with two attached hydrogens (primary N) is 2. The Morgan fingerprint density at radius 3 is 2.04 bits per heavy atom. The number of hydrogen-bond acceptors (Lipinski definition) is 2. The molecule has 23 heavy (non-hydrogen) atoms. The van der Waals surface area contributed by atoms with Crippen LogP contribution in [0, 0.1) is 0 Å². The van der Waals surface area contributed by atoms with Crippen molar-refractivity contribution < 1.29 is 14.9 Å². The van der Waals surface area contributed by atoms with Crippen LogP contribution in [0.1, 0.15) is 30.0 Å². The van der Waals surface area contributed by atoms with E-state index in [9.17, 15) is 9.59 Å². The normalized spacial score (nSPS) is 13.1. The van der Waals surface area contributed by atoms with Crippen molar-refractivity contribution in [2.24, 2.45) is 5.73 Å². The Bertz CT molecular complexity index is 644. The van der Waals surface area contributed by atoms with Crippen LogP contribution in [0.25, 0.3) is 0 Å². The predicted molar refractivity (Wildman–Crippen MR) is 88.6 cm³/mol. The minimum absolute atomic E-state index is 0.281. The van der Waals surface area contributed by atoms with Crippen LogP contribution >= 0.6 is 0 Å². The summed E-state index contributed by atoms with van der Waals surface area (Å²) in [5, 5.41) is 4.11. The number of nitrogens with one attached hydrogen (secondary N) is 1. The summed E-state index contributed by atoms with van der Waals surface area (Å²) in [5.74, 6) is -0.118. The van der Waals surface area contributed by atoms with E-state index >= 15 is 0 Å². The standard InChI is InChI=1S/C18H21N3O2/c1-13(14-8-4-2-5-9-14)12-20-16(17(22)21-18(19)23)15-10-6-3-7-11-15/h2-11,13,16,20H,12H2,1H3,(H3,19,21,22,23)/p+1/t13-,16+/m0/s1. The van der Waals surface area contributed by atoms with Crippen molar-refractivity contribution in [2.45, 2.75) is 18.9 Å². The van der Waals surface area contributed by atoms with Crippen LogP contribution in [-0.2, 0) is 4.79 Å². The van der Waals surface area contributed by atoms with Crippen molar-refractivity contribution in [1.29, 1.82) is 0 Å². The van der Waals surface area contributed by atoms with Crippen molar-refractivity contribution >= 4 is 11.9 Å². The molecule has 0 saturated carbocycles. The third-order valence-corrected chi connectivity index (χ3v) is 3.78. The molecule has 2 aromatic rings. The van der Waals surface area contributed by atoms with Crippen LogP contribution in [0.5, 0.6) is 0 Å². The van der Waals surface area contributed by atoms with Crippen LogP contribution in [0.15, 0.2) is 60.7 Å². The van der Waals surface area contributed by atoms with E-state index in [-0.39, 0.29) is 5.92 Å². The SMILES string of the molecule is C[C@@H](C[NH2+][C@@H](C(=O)NC(N)=O)c1ccccc1)c1ccccc1. The van der Waals surface area contributed by atoms with E-state index in [2.05, 4.69) is 24.4 Å². The largest absolute Gasteiger partial charge is 0.351 e. The fourth-order valence-corrected chi connectivity index (χ4v) is 2.51. The van der Waals surface area contributed by atoms with Crippen molar-refractivity contribution in [3.63, 3.8) is 0 Å². The van der Waals surface area contributed by atoms with Gasteiger partial charge in [-0.3, -0.25) is 10.1 Å². The van der Waals surface area contributed by atoms with Crippen molar-refractivity contribution in [3.05, 3.63) is 71.8 Å². The van der Waals surface area contributed by atoms with Crippen LogP contribution in [0.3, 0.4) is 0 Å². The lowest BCUT2D eigenvalue weighted by atomic mass is 10.00. The molecule has 2 aromatic carbocycles. The summed E-state index contributed by atoms with van der Waals surface area (Å²) in [7, 11) is 0. The van der Waals surface area contributed by atoms with Crippen molar-refractivity contribution in [3.8, 4) is 0 Å². The quantitative estimate of drug-likeness (QED) is 0.750. The topological polar surface area (TPSA) is 88.8 Å². The maximum Gasteiger partial charge on any atom is 0.319 e. The van der Waals surface area contributed by atoms with Crippen molar-refractivity contribution in [1.82, 2.24) is 5.32 Å². The minimum Gasteiger partial charge on any atom is -0.351 e. The molecule has 0 bridgehead atoms. The predicted octanol–water partition coefficient (Wildman–Crippen LogP) is 1.29. The molecule has 120 valence electrons. The summed E-state index contributed by atoms with van der Waals surface area (Å²) in [4.78, 5) is 23.2. The van der Waals surface area contributed by atoms with Crippen LogP contribution in [0.4, 0.5) is 4.79 Å². The second-order valence-electron chi connectivity index (χ2n) is 5.52. The van der Waals surface area contributed by atoms with Gasteiger partial charge in [0, 0.05) is 11.5 Å². The highest BCUT2D eigenvalue weighted by Gasteiger charge is 2.25. The highest BCUT2D eigenvalue weighted by atomic mass is 16.2. The average molecular weight is 312 g/mol. The number of urea groups is 1. The minimum atomic E-state index is -0.833. The summed E-state index contributed by atoms with van der Waals surface area (Å²) in [6, 6.07) is 18.1. The molecule has 2 rings (SSSR count). The highest BCUT2D eigenvalue weighted by molar-refractivity contribution is 5.96. The zero-order valence-electron chi connectivity index (χ0n) is 13.1. The number of benzene rings is 2. The molecule has 0 aliphatic rings. The highest BCUT2D eigenvalue weighted by Crippen LogP contribution is 2.13. The number of carbonyl (C=O) groups is 2. The van der Waals surface area contributed by atoms with Gasteiger partial charge in [0.25, 0.3) is 5.91 Å². The molecule has 3 amide bonds. The summed E-state index contributed by atoms with van der Waals surface area (Å²) < 4.78 is 0. The van der Waals surface area contributed by atoms with Gasteiger partial charge in [0.1, 0.15) is 0 Å². The molecule has 0 heterocycles. The summed E-state index contributed by atoms with van der Waals surface area (Å²) >= 11 is 0. The molecule has 5 nitrogen and oxygen atoms in total. The molecular formula is C18H22N3O2+. The Hall–Kier alpha value is -2.66. The smallest absolute Gasteiger partial charge is 0.319 e. The van der Waals surface area contributed by atoms with E-state index in [1.807, 2.05) is 53.8 Å². The van der Waals surface area contributed by atoms with E-state index in [4.69, 9.17) is 5.73 Å². The second-order valence-corrected chi connectivity index (χ2v) is 5.52. The number of hydrogen-bond donors (Lipinski definition) is 3. The second kappa shape index (κ2) is 8.10. The third-order valence-electron chi connectivity index (χ3n) is 3.78. The van der Waals surface area contributed by atoms with Gasteiger partial charge in [-0.1, -0.05) is 67.6 Å². The molecule has 5 N–H and O–H groups in total. The number of amides is 3. The zero-order valence-corrected chi connectivity index (χ0v) is 13.1. The fourth-order valence-electron chi connectivity index (χ4n) is 2.51. The maximum atomic E-state index is 12.3. The van der Waals surface area contributed by atoms with E-state index in [0.717, 1.165) is 12.1 Å². The van der Waals surface area contributed by atoms with Gasteiger partial charge in [0.2, 0.25) is 0 Å². The maximum absolute atomic E-state index is 12.3. The molecule has 0 unspecified atom stereocenters. The molecule has 0 aliphatic carbocycles. The van der Waals surface area contributed by atoms with Gasteiger partial charge in [0.15, 0.2) is 6.04 Å². The first-order valence-corrected chi connectivity index (χ1v) is 7.61. The van der Waals surface area contributed by atoms with E-state index in [1.54, 1.807) is 0 Å². The molecular weight excluding hydrogens is 290 g/mol. The van der Waals surface area contributed by atoms with Gasteiger partial charge in [-0.05, 0) is 5.56 Å². The zero-order chi connectivity index (χ0) is 16.7. The number of carbonyl (C=O) groups excluding carboxylic acids is 2. The molecule has 2 atom stereocenters. The first-order chi connectivity index (χ1) is 11.1. The number of rotatable bonds is 6. The summed E-state index contributed by atoms with van der Waals surface area (Å²) in [5.41, 5.74) is 7.12. The van der Waals surface area contributed by atoms with Crippen LogP contribution in [-0.4, -0.2) is 18.5 Å². The van der Waals surface area contributed by atoms with Gasteiger partial charge >= 0.3 is 6.03 Å². The van der Waals surface area contributed by atoms with Gasteiger partial charge < -0.3 is 11.1 Å². The number of primary amides is 1. The Morgan fingerprint density at radius 2 is 1.52 bits per heavy atom. The molecule has 5 heteroatoms. The molecule has 0 fully saturated rings. The lowest BCUT2D eigenvalue weighted by Crippen LogP contribution is -2.88. The third kappa shape index (κ3) is 4.93. The number of quaternary nitrogens is 1. The first-order valence-electron chi connectivity index (χ1n) is 7.61. The van der Waals surface area contributed by atoms with Gasteiger partial charge in [-0.2, -0.15) is 0 Å². The van der Waals surface area contributed by atoms with Crippen molar-refractivity contribution in [2.75, 3.05) is 6.54 Å². The Kier molecular flexibility index (Phi) is 5.88. The van der Waals surface area contributed by atoms with E-state index < -0.39 is 18.0 Å². The van der Waals surface area contributed by atoms with Gasteiger partial charge in [-0.25, -0.2) is 4.79 Å². The molecule has 0 spiro atoms. The molecule has 0 radical (unpaired) electrons. The number of imide groups is 1. The Balaban J connectivity index is 2.09. The molecule has 0 saturated heterocycles. The summed E-state index contributed by atoms with van der Waals surface area (Å²) in [6.07, 6.45) is 0. The molecule has 0 aliphatic heterocycles.